The van der Waals surface area contributed by atoms with E-state index >= 15 is 0 Å². The van der Waals surface area contributed by atoms with Crippen LogP contribution in [0, 0.1) is 5.92 Å². The van der Waals surface area contributed by atoms with Crippen LogP contribution in [0.5, 0.6) is 0 Å². The lowest BCUT2D eigenvalue weighted by molar-refractivity contribution is -0.135. The van der Waals surface area contributed by atoms with Gasteiger partial charge in [-0.15, -0.1) is 0 Å². The number of nitrogens with one attached hydrogen (secondary N) is 3. The van der Waals surface area contributed by atoms with E-state index < -0.39 is 0 Å². The second kappa shape index (κ2) is 12.6. The Kier molecular flexibility index (Phi) is 8.26. The normalized spacial score (nSPS) is 20.5. The first-order valence-electron chi connectivity index (χ1n) is 16.7. The van der Waals surface area contributed by atoms with E-state index in [0.29, 0.717) is 5.82 Å². The van der Waals surface area contributed by atoms with Gasteiger partial charge < -0.3 is 25.1 Å². The number of amides is 1. The topological polar surface area (TPSA) is 92.9 Å². The minimum Gasteiger partial charge on any atom is -0.361 e. The number of hydrogen-bond acceptors (Lipinski definition) is 5. The molecular weight excluding hydrogens is 557 g/mol. The lowest BCUT2D eigenvalue weighted by Crippen LogP contribution is -2.50. The fourth-order valence-corrected chi connectivity index (χ4v) is 7.23. The van der Waals surface area contributed by atoms with Gasteiger partial charge in [-0.1, -0.05) is 81.5 Å². The van der Waals surface area contributed by atoms with Crippen LogP contribution in [0.4, 0.5) is 0 Å². The number of imidazole rings is 2. The molecule has 3 aliphatic rings. The standard InChI is InChI=1S/C36H44BN7O/c1-23(2)33(42-32-9-6-19-43(32)3)36(45)44-20-5-8-31(44)35-39-22-30(41-35)27-16-12-25(13-17-27)24-10-14-26(15-11-24)29-21-38-34(40-29)28-7-4-18-37-28/h9-17,21-23,28,31,33,37,42H,4-8,18-20H2,1-3H3,(H,38,40)(H,39,41)/t28-,31-,33+/m0/s1. The first-order valence-corrected chi connectivity index (χ1v) is 16.7. The van der Waals surface area contributed by atoms with E-state index in [4.69, 9.17) is 4.98 Å². The molecule has 0 bridgehead atoms. The molecule has 2 aromatic heterocycles. The third-order valence-electron chi connectivity index (χ3n) is 9.96. The van der Waals surface area contributed by atoms with E-state index in [-0.39, 0.29) is 23.9 Å². The first kappa shape index (κ1) is 29.4. The molecule has 0 unspecified atom stereocenters. The lowest BCUT2D eigenvalue weighted by Gasteiger charge is -2.32. The van der Waals surface area contributed by atoms with Gasteiger partial charge in [0.05, 0.1) is 35.6 Å². The Hall–Kier alpha value is -4.27. The summed E-state index contributed by atoms with van der Waals surface area (Å²) in [5.41, 5.74) is 6.66. The van der Waals surface area contributed by atoms with Crippen LogP contribution in [0.25, 0.3) is 33.6 Å². The maximum Gasteiger partial charge on any atom is 0.245 e. The number of likely N-dealkylation sites (tertiary alicyclic amines) is 1. The molecule has 0 saturated carbocycles. The summed E-state index contributed by atoms with van der Waals surface area (Å²) in [5.74, 6) is 3.98. The number of aromatic amines is 2. The SMILES string of the molecule is CC(C)[C@@H](NC1=CCCN1C)C(=O)N1CCC[C@H]1c1ncc(-c2ccc(-c3ccc(-c4cnc([C@H]5BCCC5)[nH]4)cc3)cc2)[nH]1. The first-order chi connectivity index (χ1) is 21.9. The van der Waals surface area contributed by atoms with Gasteiger partial charge in [0.2, 0.25) is 5.91 Å². The molecule has 9 heteroatoms. The molecule has 0 aliphatic carbocycles. The summed E-state index contributed by atoms with van der Waals surface area (Å²) >= 11 is 0. The van der Waals surface area contributed by atoms with E-state index in [0.717, 1.165) is 72.3 Å². The number of carbonyl (C=O) groups is 1. The molecule has 45 heavy (non-hydrogen) atoms. The van der Waals surface area contributed by atoms with Crippen molar-refractivity contribution in [1.82, 2.24) is 35.1 Å². The van der Waals surface area contributed by atoms with Crippen LogP contribution in [0.1, 0.15) is 69.5 Å². The number of nitrogens with zero attached hydrogens (tertiary/aromatic N) is 4. The highest BCUT2D eigenvalue weighted by Gasteiger charge is 2.37. The highest BCUT2D eigenvalue weighted by molar-refractivity contribution is 6.38. The minimum atomic E-state index is -0.262. The summed E-state index contributed by atoms with van der Waals surface area (Å²) in [5, 5.41) is 3.55. The van der Waals surface area contributed by atoms with E-state index in [1.165, 1.54) is 37.6 Å². The number of benzene rings is 2. The average Bonchev–Trinajstić information content (AvgIpc) is 3.90. The van der Waals surface area contributed by atoms with E-state index in [2.05, 4.69) is 101 Å². The predicted molar refractivity (Wildman–Crippen MR) is 182 cm³/mol. The van der Waals surface area contributed by atoms with Gasteiger partial charge in [-0.2, -0.15) is 0 Å². The zero-order valence-corrected chi connectivity index (χ0v) is 26.7. The molecule has 8 nitrogen and oxygen atoms in total. The molecule has 3 atom stereocenters. The molecule has 3 aliphatic heterocycles. The van der Waals surface area contributed by atoms with Gasteiger partial charge >= 0.3 is 0 Å². The van der Waals surface area contributed by atoms with Gasteiger partial charge in [-0.25, -0.2) is 9.97 Å². The van der Waals surface area contributed by atoms with Crippen molar-refractivity contribution in [2.45, 2.75) is 70.2 Å². The van der Waals surface area contributed by atoms with Gasteiger partial charge in [0.1, 0.15) is 25.0 Å². The van der Waals surface area contributed by atoms with Crippen molar-refractivity contribution in [1.29, 1.82) is 0 Å². The molecule has 1 amide bonds. The monoisotopic (exact) mass is 601 g/mol. The van der Waals surface area contributed by atoms with Crippen LogP contribution in [-0.2, 0) is 4.79 Å². The second-order valence-corrected chi connectivity index (χ2v) is 13.4. The predicted octanol–water partition coefficient (Wildman–Crippen LogP) is 6.28. The van der Waals surface area contributed by atoms with Crippen molar-refractivity contribution in [3.05, 3.63) is 84.5 Å². The number of hydrogen-bond donors (Lipinski definition) is 3. The van der Waals surface area contributed by atoms with Crippen molar-refractivity contribution < 1.29 is 4.79 Å². The molecule has 5 heterocycles. The highest BCUT2D eigenvalue weighted by atomic mass is 16.2. The fraction of sp³-hybridized carbons (Fsp3) is 0.417. The summed E-state index contributed by atoms with van der Waals surface area (Å²) in [4.78, 5) is 34.6. The molecule has 232 valence electrons. The quantitative estimate of drug-likeness (QED) is 0.197. The van der Waals surface area contributed by atoms with E-state index in [1.807, 2.05) is 17.3 Å². The Bertz CT molecular complexity index is 1650. The van der Waals surface area contributed by atoms with Crippen molar-refractivity contribution in [2.75, 3.05) is 20.1 Å². The van der Waals surface area contributed by atoms with E-state index in [1.54, 1.807) is 0 Å². The van der Waals surface area contributed by atoms with Gasteiger partial charge in [0.25, 0.3) is 0 Å². The number of carbonyl (C=O) groups excluding carboxylic acids is 1. The molecular formula is C36H44BN7O. The summed E-state index contributed by atoms with van der Waals surface area (Å²) in [7, 11) is 3.32. The molecule has 2 fully saturated rings. The third-order valence-corrected chi connectivity index (χ3v) is 9.96. The Balaban J connectivity index is 1.02. The van der Waals surface area contributed by atoms with Crippen LogP contribution in [0.2, 0.25) is 6.32 Å². The molecule has 4 aromatic rings. The maximum absolute atomic E-state index is 13.8. The Morgan fingerprint density at radius 1 is 0.867 bits per heavy atom. The summed E-state index contributed by atoms with van der Waals surface area (Å²) in [6.45, 7) is 5.98. The molecule has 0 spiro atoms. The Morgan fingerprint density at radius 3 is 2.07 bits per heavy atom. The van der Waals surface area contributed by atoms with Gasteiger partial charge in [-0.3, -0.25) is 4.79 Å². The molecule has 7 rings (SSSR count). The molecule has 0 radical (unpaired) electrons. The fourth-order valence-electron chi connectivity index (χ4n) is 7.23. The van der Waals surface area contributed by atoms with Crippen molar-refractivity contribution in [3.8, 4) is 33.6 Å². The zero-order valence-electron chi connectivity index (χ0n) is 26.7. The Morgan fingerprint density at radius 2 is 1.49 bits per heavy atom. The van der Waals surface area contributed by atoms with Crippen molar-refractivity contribution in [3.63, 3.8) is 0 Å². The average molecular weight is 602 g/mol. The van der Waals surface area contributed by atoms with E-state index in [9.17, 15) is 4.79 Å². The van der Waals surface area contributed by atoms with Crippen molar-refractivity contribution in [2.24, 2.45) is 5.92 Å². The number of aromatic nitrogens is 4. The highest BCUT2D eigenvalue weighted by Crippen LogP contribution is 2.34. The molecule has 2 aromatic carbocycles. The smallest absolute Gasteiger partial charge is 0.245 e. The van der Waals surface area contributed by atoms with Crippen LogP contribution >= 0.6 is 0 Å². The zero-order chi connectivity index (χ0) is 30.9. The summed E-state index contributed by atoms with van der Waals surface area (Å²) in [6, 6.07) is 17.0. The molecule has 3 N–H and O–H groups in total. The largest absolute Gasteiger partial charge is 0.361 e. The van der Waals surface area contributed by atoms with Crippen LogP contribution < -0.4 is 5.32 Å². The minimum absolute atomic E-state index is 0.0357. The van der Waals surface area contributed by atoms with Gasteiger partial charge in [-0.05, 0) is 59.3 Å². The number of H-pyrrole nitrogens is 2. The second-order valence-electron chi connectivity index (χ2n) is 13.4. The van der Waals surface area contributed by atoms with Gasteiger partial charge in [0.15, 0.2) is 0 Å². The Labute approximate surface area is 267 Å². The van der Waals surface area contributed by atoms with Crippen LogP contribution in [0.3, 0.4) is 0 Å². The van der Waals surface area contributed by atoms with Crippen molar-refractivity contribution >= 4 is 13.2 Å². The summed E-state index contributed by atoms with van der Waals surface area (Å²) < 4.78 is 0. The number of rotatable bonds is 9. The molecule has 2 saturated heterocycles. The van der Waals surface area contributed by atoms with Gasteiger partial charge in [0, 0.05) is 20.1 Å². The lowest BCUT2D eigenvalue weighted by atomic mass is 9.67. The van der Waals surface area contributed by atoms with Crippen LogP contribution in [0.15, 0.2) is 72.8 Å². The maximum atomic E-state index is 13.8. The third kappa shape index (κ3) is 6.05. The summed E-state index contributed by atoms with van der Waals surface area (Å²) in [6.07, 6.45) is 12.8. The van der Waals surface area contributed by atoms with Crippen LogP contribution in [-0.4, -0.2) is 69.1 Å².